The number of carbonyl (C=O) groups excluding carboxylic acids is 1. The molecular formula is C12H21N3O3S. The van der Waals surface area contributed by atoms with Crippen LogP contribution in [0.25, 0.3) is 0 Å². The Hall–Kier alpha value is -1.47. The van der Waals surface area contributed by atoms with Crippen LogP contribution in [0.4, 0.5) is 10.7 Å². The number of hydrogen-bond acceptors (Lipinski definition) is 6. The van der Waals surface area contributed by atoms with Crippen LogP contribution in [0.2, 0.25) is 0 Å². The Labute approximate surface area is 117 Å². The average Bonchev–Trinajstić information content (AvgIpc) is 2.57. The van der Waals surface area contributed by atoms with E-state index in [0.717, 1.165) is 0 Å². The van der Waals surface area contributed by atoms with Crippen molar-refractivity contribution in [3.05, 3.63) is 4.88 Å². The molecule has 1 aromatic rings. The lowest BCUT2D eigenvalue weighted by atomic mass is 10.3. The molecule has 1 aromatic heterocycles. The standard InChI is InChI=1S/C12H21N3O3S/c1-6(2)18-9-8(13)10(11(14)16)19-12(9)15-7(3)5-17-4/h6-7,15H,5,13H2,1-4H3,(H2,14,16). The van der Waals surface area contributed by atoms with E-state index in [9.17, 15) is 4.79 Å². The highest BCUT2D eigenvalue weighted by Crippen LogP contribution is 2.43. The summed E-state index contributed by atoms with van der Waals surface area (Å²) in [4.78, 5) is 11.6. The molecule has 0 bridgehead atoms. The van der Waals surface area contributed by atoms with Gasteiger partial charge in [0.2, 0.25) is 0 Å². The second-order valence-corrected chi connectivity index (χ2v) is 5.56. The van der Waals surface area contributed by atoms with Crippen LogP contribution < -0.4 is 21.5 Å². The van der Waals surface area contributed by atoms with Crippen LogP contribution in [0.3, 0.4) is 0 Å². The van der Waals surface area contributed by atoms with Crippen LogP contribution in [0.5, 0.6) is 5.75 Å². The number of ether oxygens (including phenoxy) is 2. The van der Waals surface area contributed by atoms with Gasteiger partial charge in [0, 0.05) is 13.2 Å². The Morgan fingerprint density at radius 2 is 2.05 bits per heavy atom. The maximum atomic E-state index is 11.3. The van der Waals surface area contributed by atoms with Gasteiger partial charge >= 0.3 is 0 Å². The lowest BCUT2D eigenvalue weighted by molar-refractivity contribution is 0.100. The molecule has 1 rings (SSSR count). The number of amides is 1. The Balaban J connectivity index is 3.06. The number of anilines is 2. The molecule has 0 aliphatic carbocycles. The van der Waals surface area contributed by atoms with Gasteiger partial charge in [-0.3, -0.25) is 4.79 Å². The largest absolute Gasteiger partial charge is 0.486 e. The fourth-order valence-electron chi connectivity index (χ4n) is 1.58. The van der Waals surface area contributed by atoms with Crippen LogP contribution in [-0.4, -0.2) is 31.8 Å². The van der Waals surface area contributed by atoms with Gasteiger partial charge in [0.25, 0.3) is 5.91 Å². The monoisotopic (exact) mass is 287 g/mol. The summed E-state index contributed by atoms with van der Waals surface area (Å²) in [5, 5.41) is 3.91. The molecule has 0 aliphatic heterocycles. The van der Waals surface area contributed by atoms with E-state index in [1.807, 2.05) is 20.8 Å². The molecule has 1 amide bonds. The summed E-state index contributed by atoms with van der Waals surface area (Å²) >= 11 is 1.20. The van der Waals surface area contributed by atoms with Gasteiger partial charge in [-0.25, -0.2) is 0 Å². The lowest BCUT2D eigenvalue weighted by Crippen LogP contribution is -2.21. The fourth-order valence-corrected chi connectivity index (χ4v) is 2.59. The topological polar surface area (TPSA) is 99.6 Å². The molecule has 0 saturated heterocycles. The van der Waals surface area contributed by atoms with Crippen LogP contribution in [0, 0.1) is 0 Å². The molecule has 1 heterocycles. The van der Waals surface area contributed by atoms with Crippen LogP contribution in [0.15, 0.2) is 0 Å². The summed E-state index contributed by atoms with van der Waals surface area (Å²) in [6.45, 7) is 6.28. The van der Waals surface area contributed by atoms with Gasteiger partial charge in [-0.2, -0.15) is 0 Å². The van der Waals surface area contributed by atoms with Crippen molar-refractivity contribution >= 4 is 27.9 Å². The second kappa shape index (κ2) is 6.63. The molecule has 6 nitrogen and oxygen atoms in total. The quantitative estimate of drug-likeness (QED) is 0.708. The minimum atomic E-state index is -0.552. The number of thiophene rings is 1. The third-order valence-corrected chi connectivity index (χ3v) is 3.40. The molecule has 1 atom stereocenters. The normalized spacial score (nSPS) is 12.5. The van der Waals surface area contributed by atoms with Gasteiger partial charge in [0.1, 0.15) is 15.6 Å². The van der Waals surface area contributed by atoms with Crippen LogP contribution in [0.1, 0.15) is 30.4 Å². The molecule has 0 fully saturated rings. The first-order valence-corrected chi connectivity index (χ1v) is 6.82. The number of rotatable bonds is 7. The summed E-state index contributed by atoms with van der Waals surface area (Å²) in [6.07, 6.45) is -0.0455. The highest BCUT2D eigenvalue weighted by atomic mass is 32.1. The molecular weight excluding hydrogens is 266 g/mol. The molecule has 0 spiro atoms. The Morgan fingerprint density at radius 3 is 2.53 bits per heavy atom. The van der Waals surface area contributed by atoms with Gasteiger partial charge < -0.3 is 26.3 Å². The van der Waals surface area contributed by atoms with Gasteiger partial charge in [-0.1, -0.05) is 0 Å². The summed E-state index contributed by atoms with van der Waals surface area (Å²) in [7, 11) is 1.63. The first-order valence-electron chi connectivity index (χ1n) is 6.01. The fraction of sp³-hybridized carbons (Fsp3) is 0.583. The summed E-state index contributed by atoms with van der Waals surface area (Å²) in [6, 6.07) is 0.0679. The zero-order valence-corrected chi connectivity index (χ0v) is 12.5. The average molecular weight is 287 g/mol. The van der Waals surface area contributed by atoms with E-state index >= 15 is 0 Å². The molecule has 0 radical (unpaired) electrons. The summed E-state index contributed by atoms with van der Waals surface area (Å²) in [5.41, 5.74) is 11.5. The van der Waals surface area contributed by atoms with E-state index in [2.05, 4.69) is 5.32 Å². The van der Waals surface area contributed by atoms with Crippen LogP contribution >= 0.6 is 11.3 Å². The second-order valence-electron chi connectivity index (χ2n) is 4.53. The van der Waals surface area contributed by atoms with E-state index < -0.39 is 5.91 Å². The molecule has 0 saturated carbocycles. The third kappa shape index (κ3) is 4.00. The number of hydrogen-bond donors (Lipinski definition) is 3. The van der Waals surface area contributed by atoms with Gasteiger partial charge in [-0.15, -0.1) is 11.3 Å². The van der Waals surface area contributed by atoms with E-state index in [-0.39, 0.29) is 12.1 Å². The number of methoxy groups -OCH3 is 1. The van der Waals surface area contributed by atoms with E-state index in [1.165, 1.54) is 11.3 Å². The van der Waals surface area contributed by atoms with Gasteiger partial charge in [0.15, 0.2) is 5.75 Å². The van der Waals surface area contributed by atoms with Crippen molar-refractivity contribution < 1.29 is 14.3 Å². The predicted octanol–water partition coefficient (Wildman–Crippen LogP) is 1.66. The van der Waals surface area contributed by atoms with Crippen molar-refractivity contribution in [3.63, 3.8) is 0 Å². The molecule has 0 aromatic carbocycles. The number of primary amides is 1. The van der Waals surface area contributed by atoms with Crippen molar-refractivity contribution in [2.45, 2.75) is 32.9 Å². The first kappa shape index (κ1) is 15.6. The molecule has 7 heteroatoms. The van der Waals surface area contributed by atoms with Crippen molar-refractivity contribution in [1.82, 2.24) is 0 Å². The van der Waals surface area contributed by atoms with Gasteiger partial charge in [-0.05, 0) is 20.8 Å². The molecule has 19 heavy (non-hydrogen) atoms. The Morgan fingerprint density at radius 1 is 1.42 bits per heavy atom. The molecule has 0 aliphatic rings. The van der Waals surface area contributed by atoms with Crippen molar-refractivity contribution in [2.24, 2.45) is 5.73 Å². The zero-order valence-electron chi connectivity index (χ0n) is 11.6. The number of nitrogens with two attached hydrogens (primary N) is 2. The van der Waals surface area contributed by atoms with Crippen molar-refractivity contribution in [1.29, 1.82) is 0 Å². The highest BCUT2D eigenvalue weighted by molar-refractivity contribution is 7.19. The Bertz CT molecular complexity index is 446. The minimum Gasteiger partial charge on any atom is -0.486 e. The van der Waals surface area contributed by atoms with E-state index in [4.69, 9.17) is 20.9 Å². The minimum absolute atomic E-state index is 0.0455. The van der Waals surface area contributed by atoms with Crippen molar-refractivity contribution in [2.75, 3.05) is 24.8 Å². The van der Waals surface area contributed by atoms with E-state index in [1.54, 1.807) is 7.11 Å². The smallest absolute Gasteiger partial charge is 0.261 e. The SMILES string of the molecule is COCC(C)Nc1sc(C(N)=O)c(N)c1OC(C)C. The van der Waals surface area contributed by atoms with Crippen molar-refractivity contribution in [3.8, 4) is 5.75 Å². The van der Waals surface area contributed by atoms with E-state index in [0.29, 0.717) is 27.9 Å². The predicted molar refractivity (Wildman–Crippen MR) is 78.0 cm³/mol. The summed E-state index contributed by atoms with van der Waals surface area (Å²) in [5.74, 6) is -0.0692. The summed E-state index contributed by atoms with van der Waals surface area (Å²) < 4.78 is 10.7. The first-order chi connectivity index (χ1) is 8.86. The molecule has 1 unspecified atom stereocenters. The Kier molecular flexibility index (Phi) is 5.44. The maximum Gasteiger partial charge on any atom is 0.261 e. The zero-order chi connectivity index (χ0) is 14.6. The third-order valence-electron chi connectivity index (χ3n) is 2.27. The lowest BCUT2D eigenvalue weighted by Gasteiger charge is -2.16. The number of nitrogen functional groups attached to an aromatic ring is 1. The number of nitrogens with one attached hydrogen (secondary N) is 1. The number of carbonyl (C=O) groups is 1. The molecule has 108 valence electrons. The van der Waals surface area contributed by atoms with Crippen LogP contribution in [-0.2, 0) is 4.74 Å². The highest BCUT2D eigenvalue weighted by Gasteiger charge is 2.22. The van der Waals surface area contributed by atoms with Gasteiger partial charge in [0.05, 0.1) is 12.7 Å². The molecule has 5 N–H and O–H groups in total. The maximum absolute atomic E-state index is 11.3.